The molecule has 0 aliphatic heterocycles. The normalized spacial score (nSPS) is 10.4. The average molecular weight is 312 g/mol. The molecule has 0 spiro atoms. The van der Waals surface area contributed by atoms with E-state index in [2.05, 4.69) is 12.2 Å². The van der Waals surface area contributed by atoms with Crippen molar-refractivity contribution in [3.8, 4) is 0 Å². The zero-order chi connectivity index (χ0) is 16.5. The summed E-state index contributed by atoms with van der Waals surface area (Å²) in [6, 6.07) is 3.00. The molecular weight excluding hydrogens is 290 g/mol. The molecule has 0 bridgehead atoms. The number of nitrogens with zero attached hydrogens (tertiary/aromatic N) is 1. The standard InChI is InChI=1S/C16H22F2N2O2/c1-3-4-5-9-19-16(22)8-10-20(12(2)21)15-7-6-13(17)11-14(15)18/h6-7,11H,3-5,8-10H2,1-2H3,(H,19,22). The van der Waals surface area contributed by atoms with Gasteiger partial charge in [0.2, 0.25) is 11.8 Å². The van der Waals surface area contributed by atoms with Crippen LogP contribution in [0.3, 0.4) is 0 Å². The highest BCUT2D eigenvalue weighted by Gasteiger charge is 2.17. The molecule has 0 saturated carbocycles. The van der Waals surface area contributed by atoms with Crippen molar-refractivity contribution in [2.24, 2.45) is 0 Å². The predicted molar refractivity (Wildman–Crippen MR) is 81.5 cm³/mol. The Morgan fingerprint density at radius 2 is 1.95 bits per heavy atom. The fourth-order valence-corrected chi connectivity index (χ4v) is 2.05. The van der Waals surface area contributed by atoms with Crippen molar-refractivity contribution in [2.45, 2.75) is 39.5 Å². The number of anilines is 1. The number of nitrogens with one attached hydrogen (secondary N) is 1. The summed E-state index contributed by atoms with van der Waals surface area (Å²) in [5.74, 6) is -2.12. The highest BCUT2D eigenvalue weighted by Crippen LogP contribution is 2.20. The van der Waals surface area contributed by atoms with Crippen LogP contribution in [0.4, 0.5) is 14.5 Å². The summed E-state index contributed by atoms with van der Waals surface area (Å²) in [7, 11) is 0. The second kappa shape index (κ2) is 9.12. The molecule has 0 saturated heterocycles. The lowest BCUT2D eigenvalue weighted by molar-refractivity contribution is -0.121. The molecule has 1 N–H and O–H groups in total. The molecule has 22 heavy (non-hydrogen) atoms. The minimum absolute atomic E-state index is 0.0207. The van der Waals surface area contributed by atoms with Crippen molar-refractivity contribution in [1.82, 2.24) is 5.32 Å². The van der Waals surface area contributed by atoms with Crippen LogP contribution in [0.2, 0.25) is 0 Å². The summed E-state index contributed by atoms with van der Waals surface area (Å²) >= 11 is 0. The highest BCUT2D eigenvalue weighted by atomic mass is 19.1. The quantitative estimate of drug-likeness (QED) is 0.750. The molecule has 0 heterocycles. The number of carbonyl (C=O) groups excluding carboxylic acids is 2. The predicted octanol–water partition coefficient (Wildman–Crippen LogP) is 3.01. The topological polar surface area (TPSA) is 49.4 Å². The van der Waals surface area contributed by atoms with Gasteiger partial charge in [0.25, 0.3) is 0 Å². The fourth-order valence-electron chi connectivity index (χ4n) is 2.05. The van der Waals surface area contributed by atoms with E-state index in [4.69, 9.17) is 0 Å². The molecule has 0 atom stereocenters. The highest BCUT2D eigenvalue weighted by molar-refractivity contribution is 5.92. The zero-order valence-electron chi connectivity index (χ0n) is 13.0. The summed E-state index contributed by atoms with van der Waals surface area (Å²) < 4.78 is 26.7. The number of benzene rings is 1. The molecule has 1 aromatic carbocycles. The third kappa shape index (κ3) is 5.79. The summed E-state index contributed by atoms with van der Waals surface area (Å²) in [4.78, 5) is 24.5. The Kier molecular flexibility index (Phi) is 7.49. The van der Waals surface area contributed by atoms with Crippen LogP contribution in [0, 0.1) is 11.6 Å². The smallest absolute Gasteiger partial charge is 0.223 e. The molecule has 0 aromatic heterocycles. The molecule has 1 aromatic rings. The van der Waals surface area contributed by atoms with Crippen molar-refractivity contribution >= 4 is 17.5 Å². The van der Waals surface area contributed by atoms with Crippen LogP contribution < -0.4 is 10.2 Å². The molecule has 0 unspecified atom stereocenters. The van der Waals surface area contributed by atoms with E-state index in [0.717, 1.165) is 36.3 Å². The minimum Gasteiger partial charge on any atom is -0.356 e. The molecule has 122 valence electrons. The summed E-state index contributed by atoms with van der Waals surface area (Å²) in [5.41, 5.74) is -0.0207. The van der Waals surface area contributed by atoms with Gasteiger partial charge in [0.1, 0.15) is 11.6 Å². The molecule has 4 nitrogen and oxygen atoms in total. The SMILES string of the molecule is CCCCCNC(=O)CCN(C(C)=O)c1ccc(F)cc1F. The van der Waals surface area contributed by atoms with Gasteiger partial charge in [-0.25, -0.2) is 8.78 Å². The van der Waals surface area contributed by atoms with E-state index >= 15 is 0 Å². The third-order valence-electron chi connectivity index (χ3n) is 3.25. The lowest BCUT2D eigenvalue weighted by Crippen LogP contribution is -2.34. The molecule has 1 rings (SSSR count). The van der Waals surface area contributed by atoms with E-state index in [-0.39, 0.29) is 24.6 Å². The van der Waals surface area contributed by atoms with Gasteiger partial charge in [-0.2, -0.15) is 0 Å². The van der Waals surface area contributed by atoms with Gasteiger partial charge < -0.3 is 10.2 Å². The zero-order valence-corrected chi connectivity index (χ0v) is 13.0. The number of hydrogen-bond donors (Lipinski definition) is 1. The average Bonchev–Trinajstić information content (AvgIpc) is 2.45. The second-order valence-electron chi connectivity index (χ2n) is 5.07. The van der Waals surface area contributed by atoms with E-state index in [1.807, 2.05) is 0 Å². The number of rotatable bonds is 8. The Balaban J connectivity index is 2.58. The third-order valence-corrected chi connectivity index (χ3v) is 3.25. The number of hydrogen-bond acceptors (Lipinski definition) is 2. The minimum atomic E-state index is -0.821. The first kappa shape index (κ1) is 18.1. The van der Waals surface area contributed by atoms with Gasteiger partial charge in [-0.3, -0.25) is 9.59 Å². The fraction of sp³-hybridized carbons (Fsp3) is 0.500. The van der Waals surface area contributed by atoms with Gasteiger partial charge in [0.05, 0.1) is 5.69 Å². The van der Waals surface area contributed by atoms with Crippen LogP contribution in [0.5, 0.6) is 0 Å². The molecule has 0 aliphatic carbocycles. The number of unbranched alkanes of at least 4 members (excludes halogenated alkanes) is 2. The molecule has 6 heteroatoms. The summed E-state index contributed by atoms with van der Waals surface area (Å²) in [5, 5.41) is 2.76. The summed E-state index contributed by atoms with van der Waals surface area (Å²) in [6.45, 7) is 4.00. The van der Waals surface area contributed by atoms with Crippen molar-refractivity contribution < 1.29 is 18.4 Å². The van der Waals surface area contributed by atoms with Gasteiger partial charge >= 0.3 is 0 Å². The van der Waals surface area contributed by atoms with Crippen LogP contribution in [0.1, 0.15) is 39.5 Å². The van der Waals surface area contributed by atoms with Crippen LogP contribution in [0.15, 0.2) is 18.2 Å². The van der Waals surface area contributed by atoms with E-state index in [0.29, 0.717) is 6.54 Å². The maximum absolute atomic E-state index is 13.7. The molecular formula is C16H22F2N2O2. The maximum atomic E-state index is 13.7. The van der Waals surface area contributed by atoms with E-state index < -0.39 is 17.5 Å². The molecule has 0 radical (unpaired) electrons. The number of halogens is 2. The van der Waals surface area contributed by atoms with Crippen molar-refractivity contribution in [3.63, 3.8) is 0 Å². The first-order chi connectivity index (χ1) is 10.5. The Morgan fingerprint density at radius 3 is 2.55 bits per heavy atom. The van der Waals surface area contributed by atoms with Crippen LogP contribution in [-0.2, 0) is 9.59 Å². The lowest BCUT2D eigenvalue weighted by atomic mass is 10.2. The molecule has 2 amide bonds. The summed E-state index contributed by atoms with van der Waals surface area (Å²) in [6.07, 6.45) is 3.09. The van der Waals surface area contributed by atoms with Gasteiger partial charge in [-0.1, -0.05) is 19.8 Å². The van der Waals surface area contributed by atoms with Gasteiger partial charge in [0, 0.05) is 32.5 Å². The Labute approximate surface area is 129 Å². The number of amides is 2. The largest absolute Gasteiger partial charge is 0.356 e. The van der Waals surface area contributed by atoms with Crippen molar-refractivity contribution in [1.29, 1.82) is 0 Å². The van der Waals surface area contributed by atoms with Crippen molar-refractivity contribution in [2.75, 3.05) is 18.0 Å². The van der Waals surface area contributed by atoms with Crippen LogP contribution in [0.25, 0.3) is 0 Å². The monoisotopic (exact) mass is 312 g/mol. The molecule has 0 aliphatic rings. The van der Waals surface area contributed by atoms with Crippen LogP contribution >= 0.6 is 0 Å². The first-order valence-electron chi connectivity index (χ1n) is 7.45. The van der Waals surface area contributed by atoms with E-state index in [1.54, 1.807) is 0 Å². The lowest BCUT2D eigenvalue weighted by Gasteiger charge is -2.21. The van der Waals surface area contributed by atoms with E-state index in [9.17, 15) is 18.4 Å². The molecule has 0 fully saturated rings. The van der Waals surface area contributed by atoms with Crippen LogP contribution in [-0.4, -0.2) is 24.9 Å². The maximum Gasteiger partial charge on any atom is 0.223 e. The van der Waals surface area contributed by atoms with Crippen molar-refractivity contribution in [3.05, 3.63) is 29.8 Å². The second-order valence-corrected chi connectivity index (χ2v) is 5.07. The first-order valence-corrected chi connectivity index (χ1v) is 7.45. The van der Waals surface area contributed by atoms with Gasteiger partial charge in [0.15, 0.2) is 0 Å². The van der Waals surface area contributed by atoms with Gasteiger partial charge in [-0.15, -0.1) is 0 Å². The van der Waals surface area contributed by atoms with E-state index in [1.165, 1.54) is 13.0 Å². The Bertz CT molecular complexity index is 521. The van der Waals surface area contributed by atoms with Gasteiger partial charge in [-0.05, 0) is 18.6 Å². The number of carbonyl (C=O) groups is 2. The Morgan fingerprint density at radius 1 is 1.23 bits per heavy atom. The Hall–Kier alpha value is -1.98.